The second-order valence-corrected chi connectivity index (χ2v) is 5.22. The highest BCUT2D eigenvalue weighted by Gasteiger charge is 2.12. The average molecular weight is 343 g/mol. The van der Waals surface area contributed by atoms with E-state index in [1.54, 1.807) is 12.1 Å². The summed E-state index contributed by atoms with van der Waals surface area (Å²) in [5.74, 6) is -0.429. The third-order valence-electron chi connectivity index (χ3n) is 3.25. The predicted molar refractivity (Wildman–Crippen MR) is 90.0 cm³/mol. The number of ether oxygens (including phenoxy) is 1. The Morgan fingerprint density at radius 2 is 1.84 bits per heavy atom. The van der Waals surface area contributed by atoms with E-state index in [0.717, 1.165) is 11.6 Å². The lowest BCUT2D eigenvalue weighted by Crippen LogP contribution is -2.42. The van der Waals surface area contributed by atoms with Gasteiger partial charge in [-0.2, -0.15) is 0 Å². The van der Waals surface area contributed by atoms with Crippen molar-refractivity contribution < 1.29 is 19.2 Å². The van der Waals surface area contributed by atoms with Gasteiger partial charge in [-0.3, -0.25) is 30.6 Å². The van der Waals surface area contributed by atoms with Gasteiger partial charge in [0.05, 0.1) is 18.0 Å². The number of benzene rings is 2. The first-order valence-corrected chi connectivity index (χ1v) is 7.49. The van der Waals surface area contributed by atoms with Gasteiger partial charge < -0.3 is 4.74 Å². The summed E-state index contributed by atoms with van der Waals surface area (Å²) >= 11 is 0. The van der Waals surface area contributed by atoms with Crippen LogP contribution in [0.5, 0.6) is 5.75 Å². The minimum atomic E-state index is -0.642. The zero-order chi connectivity index (χ0) is 18.2. The van der Waals surface area contributed by atoms with E-state index in [-0.39, 0.29) is 24.3 Å². The SMILES string of the molecule is Cc1ccc(OCCC(=O)NNC(=O)c2cccc([N+](=O)[O-])c2)cc1. The molecule has 0 spiro atoms. The Morgan fingerprint density at radius 3 is 2.52 bits per heavy atom. The standard InChI is InChI=1S/C17H17N3O5/c1-12-5-7-15(8-6-12)25-10-9-16(21)18-19-17(22)13-3-2-4-14(11-13)20(23)24/h2-8,11H,9-10H2,1H3,(H,18,21)(H,19,22). The molecule has 130 valence electrons. The van der Waals surface area contributed by atoms with Crippen molar-refractivity contribution in [3.63, 3.8) is 0 Å². The van der Waals surface area contributed by atoms with Crippen molar-refractivity contribution in [1.82, 2.24) is 10.9 Å². The molecule has 2 amide bonds. The van der Waals surface area contributed by atoms with Crippen LogP contribution in [0.25, 0.3) is 0 Å². The van der Waals surface area contributed by atoms with Gasteiger partial charge in [0, 0.05) is 17.7 Å². The van der Waals surface area contributed by atoms with Gasteiger partial charge in [-0.05, 0) is 25.1 Å². The smallest absolute Gasteiger partial charge is 0.270 e. The van der Waals surface area contributed by atoms with E-state index in [0.29, 0.717) is 5.75 Å². The van der Waals surface area contributed by atoms with Gasteiger partial charge in [-0.15, -0.1) is 0 Å². The molecule has 0 aliphatic rings. The number of hydrogen-bond acceptors (Lipinski definition) is 5. The zero-order valence-electron chi connectivity index (χ0n) is 13.5. The first-order valence-electron chi connectivity index (χ1n) is 7.49. The van der Waals surface area contributed by atoms with E-state index in [1.807, 2.05) is 19.1 Å². The van der Waals surface area contributed by atoms with Gasteiger partial charge in [0.15, 0.2) is 0 Å². The number of hydrazine groups is 1. The predicted octanol–water partition coefficient (Wildman–Crippen LogP) is 2.13. The van der Waals surface area contributed by atoms with E-state index in [9.17, 15) is 19.7 Å². The second kappa shape index (κ2) is 8.44. The van der Waals surface area contributed by atoms with Gasteiger partial charge in [0.2, 0.25) is 5.91 Å². The molecule has 0 aliphatic heterocycles. The van der Waals surface area contributed by atoms with Gasteiger partial charge in [0.1, 0.15) is 5.75 Å². The van der Waals surface area contributed by atoms with Crippen LogP contribution in [-0.2, 0) is 4.79 Å². The third-order valence-corrected chi connectivity index (χ3v) is 3.25. The lowest BCUT2D eigenvalue weighted by molar-refractivity contribution is -0.384. The summed E-state index contributed by atoms with van der Waals surface area (Å²) in [6.45, 7) is 2.11. The number of nitro benzene ring substituents is 1. The summed E-state index contributed by atoms with van der Waals surface area (Å²) in [6.07, 6.45) is 0.0447. The van der Waals surface area contributed by atoms with Crippen LogP contribution in [0.4, 0.5) is 5.69 Å². The molecule has 25 heavy (non-hydrogen) atoms. The summed E-state index contributed by atoms with van der Waals surface area (Å²) in [4.78, 5) is 33.6. The number of hydrogen-bond donors (Lipinski definition) is 2. The molecule has 2 rings (SSSR count). The summed E-state index contributed by atoms with van der Waals surface area (Å²) < 4.78 is 5.42. The van der Waals surface area contributed by atoms with Crippen LogP contribution in [0.15, 0.2) is 48.5 Å². The Bertz CT molecular complexity index is 774. The Kier molecular flexibility index (Phi) is 6.05. The number of carbonyl (C=O) groups is 2. The minimum absolute atomic E-state index is 0.0447. The van der Waals surface area contributed by atoms with Crippen molar-refractivity contribution in [1.29, 1.82) is 0 Å². The second-order valence-electron chi connectivity index (χ2n) is 5.22. The number of amides is 2. The molecule has 0 aliphatic carbocycles. The van der Waals surface area contributed by atoms with E-state index in [1.165, 1.54) is 18.2 Å². The van der Waals surface area contributed by atoms with Crippen molar-refractivity contribution in [3.8, 4) is 5.75 Å². The van der Waals surface area contributed by atoms with E-state index in [4.69, 9.17) is 4.74 Å². The van der Waals surface area contributed by atoms with Crippen molar-refractivity contribution in [3.05, 3.63) is 69.8 Å². The molecule has 8 nitrogen and oxygen atoms in total. The van der Waals surface area contributed by atoms with Crippen LogP contribution >= 0.6 is 0 Å². The Balaban J connectivity index is 1.75. The maximum atomic E-state index is 11.9. The zero-order valence-corrected chi connectivity index (χ0v) is 13.5. The van der Waals surface area contributed by atoms with Gasteiger partial charge >= 0.3 is 0 Å². The van der Waals surface area contributed by atoms with Crippen LogP contribution in [0, 0.1) is 17.0 Å². The normalized spacial score (nSPS) is 9.96. The summed E-state index contributed by atoms with van der Waals surface area (Å²) in [6, 6.07) is 12.6. The first kappa shape index (κ1) is 17.9. The molecule has 0 atom stereocenters. The molecule has 0 aromatic heterocycles. The fourth-order valence-corrected chi connectivity index (χ4v) is 1.92. The average Bonchev–Trinajstić information content (AvgIpc) is 2.61. The molecule has 0 fully saturated rings. The molecule has 0 heterocycles. The molecule has 2 aromatic rings. The summed E-state index contributed by atoms with van der Waals surface area (Å²) in [5, 5.41) is 10.7. The van der Waals surface area contributed by atoms with Crippen LogP contribution in [0.1, 0.15) is 22.3 Å². The molecule has 0 radical (unpaired) electrons. The molecular weight excluding hydrogens is 326 g/mol. The number of carbonyl (C=O) groups excluding carboxylic acids is 2. The van der Waals surface area contributed by atoms with Crippen molar-refractivity contribution in [2.75, 3.05) is 6.61 Å². The highest BCUT2D eigenvalue weighted by atomic mass is 16.6. The van der Waals surface area contributed by atoms with E-state index < -0.39 is 16.7 Å². The summed E-state index contributed by atoms with van der Waals surface area (Å²) in [5.41, 5.74) is 5.42. The molecule has 2 aromatic carbocycles. The lowest BCUT2D eigenvalue weighted by atomic mass is 10.2. The first-order chi connectivity index (χ1) is 12.0. The third kappa shape index (κ3) is 5.61. The maximum absolute atomic E-state index is 11.9. The molecule has 0 bridgehead atoms. The highest BCUT2D eigenvalue weighted by Crippen LogP contribution is 2.13. The van der Waals surface area contributed by atoms with E-state index >= 15 is 0 Å². The number of rotatable bonds is 6. The van der Waals surface area contributed by atoms with Crippen LogP contribution in [-0.4, -0.2) is 23.3 Å². The van der Waals surface area contributed by atoms with Gasteiger partial charge in [-0.25, -0.2) is 0 Å². The highest BCUT2D eigenvalue weighted by molar-refractivity contribution is 5.95. The molecular formula is C17H17N3O5. The van der Waals surface area contributed by atoms with E-state index in [2.05, 4.69) is 10.9 Å². The number of aryl methyl sites for hydroxylation is 1. The molecule has 0 saturated carbocycles. The van der Waals surface area contributed by atoms with Crippen molar-refractivity contribution in [2.45, 2.75) is 13.3 Å². The van der Waals surface area contributed by atoms with Crippen LogP contribution < -0.4 is 15.6 Å². The van der Waals surface area contributed by atoms with Gasteiger partial charge in [0.25, 0.3) is 11.6 Å². The van der Waals surface area contributed by atoms with Crippen molar-refractivity contribution >= 4 is 17.5 Å². The number of nitro groups is 1. The van der Waals surface area contributed by atoms with Crippen LogP contribution in [0.3, 0.4) is 0 Å². The Hall–Kier alpha value is -3.42. The number of nitrogens with one attached hydrogen (secondary N) is 2. The largest absolute Gasteiger partial charge is 0.493 e. The van der Waals surface area contributed by atoms with Crippen LogP contribution in [0.2, 0.25) is 0 Å². The fraction of sp³-hybridized carbons (Fsp3) is 0.176. The maximum Gasteiger partial charge on any atom is 0.270 e. The van der Waals surface area contributed by atoms with Crippen molar-refractivity contribution in [2.24, 2.45) is 0 Å². The quantitative estimate of drug-likeness (QED) is 0.616. The molecule has 8 heteroatoms. The number of nitrogens with zero attached hydrogens (tertiary/aromatic N) is 1. The monoisotopic (exact) mass is 343 g/mol. The summed E-state index contributed by atoms with van der Waals surface area (Å²) in [7, 11) is 0. The topological polar surface area (TPSA) is 111 Å². The minimum Gasteiger partial charge on any atom is -0.493 e. The molecule has 2 N–H and O–H groups in total. The molecule has 0 saturated heterocycles. The molecule has 0 unspecified atom stereocenters. The fourth-order valence-electron chi connectivity index (χ4n) is 1.92. The Labute approximate surface area is 143 Å². The lowest BCUT2D eigenvalue weighted by Gasteiger charge is -2.09. The Morgan fingerprint density at radius 1 is 1.12 bits per heavy atom. The number of non-ortho nitro benzene ring substituents is 1. The van der Waals surface area contributed by atoms with Gasteiger partial charge in [-0.1, -0.05) is 23.8 Å².